The van der Waals surface area contributed by atoms with Crippen molar-refractivity contribution < 1.29 is 9.59 Å². The average molecular weight is 405 g/mol. The fraction of sp³-hybridized carbons (Fsp3) is 0.333. The van der Waals surface area contributed by atoms with Gasteiger partial charge in [0.1, 0.15) is 6.04 Å². The van der Waals surface area contributed by atoms with Crippen LogP contribution in [0.15, 0.2) is 59.5 Å². The highest BCUT2D eigenvalue weighted by Gasteiger charge is 2.27. The Labute approximate surface area is 170 Å². The van der Waals surface area contributed by atoms with Crippen molar-refractivity contribution in [3.63, 3.8) is 0 Å². The van der Waals surface area contributed by atoms with Gasteiger partial charge in [0.2, 0.25) is 11.8 Å². The Bertz CT molecular complexity index is 738. The number of amides is 2. The molecule has 144 valence electrons. The van der Waals surface area contributed by atoms with E-state index in [9.17, 15) is 9.59 Å². The van der Waals surface area contributed by atoms with E-state index in [2.05, 4.69) is 5.32 Å². The zero-order chi connectivity index (χ0) is 19.6. The molecule has 0 spiro atoms. The maximum atomic E-state index is 12.9. The second kappa shape index (κ2) is 11.0. The summed E-state index contributed by atoms with van der Waals surface area (Å²) in [5.41, 5.74) is 0.950. The van der Waals surface area contributed by atoms with Gasteiger partial charge >= 0.3 is 0 Å². The number of benzene rings is 2. The molecule has 0 heterocycles. The number of carbonyl (C=O) groups is 2. The molecule has 4 nitrogen and oxygen atoms in total. The summed E-state index contributed by atoms with van der Waals surface area (Å²) in [6, 6.07) is 16.9. The molecule has 0 fully saturated rings. The molecule has 27 heavy (non-hydrogen) atoms. The third kappa shape index (κ3) is 6.60. The molecule has 6 heteroatoms. The number of hydrogen-bond donors (Lipinski definition) is 1. The standard InChI is InChI=1S/C21H25ClN2O2S/c1-3-19(21(26)23-2)24(15-16-9-11-17(22)12-10-16)20(25)13-14-27-18-7-5-4-6-8-18/h4-12,19H,3,13-15H2,1-2H3,(H,23,26)/t19-/m0/s1. The molecule has 0 saturated carbocycles. The van der Waals surface area contributed by atoms with Crippen LogP contribution in [0.3, 0.4) is 0 Å². The predicted molar refractivity (Wildman–Crippen MR) is 112 cm³/mol. The normalized spacial score (nSPS) is 11.7. The number of hydrogen-bond acceptors (Lipinski definition) is 3. The van der Waals surface area contributed by atoms with Crippen LogP contribution in [0.25, 0.3) is 0 Å². The van der Waals surface area contributed by atoms with Gasteiger partial charge < -0.3 is 10.2 Å². The SMILES string of the molecule is CC[C@@H](C(=O)NC)N(Cc1ccc(Cl)cc1)C(=O)CCSc1ccccc1. The van der Waals surface area contributed by atoms with Crippen molar-refractivity contribution in [3.8, 4) is 0 Å². The van der Waals surface area contributed by atoms with Crippen molar-refractivity contribution in [1.82, 2.24) is 10.2 Å². The molecule has 0 radical (unpaired) electrons. The van der Waals surface area contributed by atoms with E-state index in [-0.39, 0.29) is 11.8 Å². The van der Waals surface area contributed by atoms with Gasteiger partial charge in [-0.15, -0.1) is 11.8 Å². The molecule has 0 unspecified atom stereocenters. The van der Waals surface area contributed by atoms with E-state index in [0.717, 1.165) is 10.5 Å². The Morgan fingerprint density at radius 3 is 2.37 bits per heavy atom. The first-order chi connectivity index (χ1) is 13.0. The number of thioether (sulfide) groups is 1. The van der Waals surface area contributed by atoms with Crippen molar-refractivity contribution in [3.05, 3.63) is 65.2 Å². The van der Waals surface area contributed by atoms with E-state index in [1.165, 1.54) is 0 Å². The van der Waals surface area contributed by atoms with Crippen LogP contribution in [0, 0.1) is 0 Å². The van der Waals surface area contributed by atoms with Gasteiger partial charge in [0.25, 0.3) is 0 Å². The minimum Gasteiger partial charge on any atom is -0.357 e. The molecule has 2 amide bonds. The number of nitrogens with one attached hydrogen (secondary N) is 1. The van der Waals surface area contributed by atoms with Crippen molar-refractivity contribution in [2.75, 3.05) is 12.8 Å². The lowest BCUT2D eigenvalue weighted by molar-refractivity contribution is -0.140. The number of halogens is 1. The summed E-state index contributed by atoms with van der Waals surface area (Å²) in [5, 5.41) is 3.32. The fourth-order valence-electron chi connectivity index (χ4n) is 2.79. The van der Waals surface area contributed by atoms with Crippen LogP contribution < -0.4 is 5.32 Å². The number of nitrogens with zero attached hydrogens (tertiary/aromatic N) is 1. The van der Waals surface area contributed by atoms with Gasteiger partial charge in [-0.2, -0.15) is 0 Å². The summed E-state index contributed by atoms with van der Waals surface area (Å²) in [7, 11) is 1.60. The molecule has 0 aliphatic rings. The summed E-state index contributed by atoms with van der Waals surface area (Å²) in [6.07, 6.45) is 0.936. The lowest BCUT2D eigenvalue weighted by Crippen LogP contribution is -2.48. The maximum absolute atomic E-state index is 12.9. The van der Waals surface area contributed by atoms with Crippen LogP contribution in [0.4, 0.5) is 0 Å². The summed E-state index contributed by atoms with van der Waals surface area (Å²) in [4.78, 5) is 28.0. The monoisotopic (exact) mass is 404 g/mol. The lowest BCUT2D eigenvalue weighted by Gasteiger charge is -2.30. The molecule has 0 aliphatic carbocycles. The topological polar surface area (TPSA) is 49.4 Å². The highest BCUT2D eigenvalue weighted by molar-refractivity contribution is 7.99. The molecule has 0 saturated heterocycles. The molecule has 2 aromatic rings. The quantitative estimate of drug-likeness (QED) is 0.631. The van der Waals surface area contributed by atoms with E-state index in [4.69, 9.17) is 11.6 Å². The molecule has 1 atom stereocenters. The van der Waals surface area contributed by atoms with Crippen LogP contribution in [-0.2, 0) is 16.1 Å². The number of rotatable bonds is 9. The zero-order valence-corrected chi connectivity index (χ0v) is 17.2. The second-order valence-corrected chi connectivity index (χ2v) is 7.70. The van der Waals surface area contributed by atoms with Gasteiger partial charge in [0.05, 0.1) is 0 Å². The van der Waals surface area contributed by atoms with E-state index in [1.54, 1.807) is 35.8 Å². The first kappa shape index (κ1) is 21.3. The zero-order valence-electron chi connectivity index (χ0n) is 15.7. The van der Waals surface area contributed by atoms with Crippen LogP contribution >= 0.6 is 23.4 Å². The Morgan fingerprint density at radius 1 is 1.11 bits per heavy atom. The summed E-state index contributed by atoms with van der Waals surface area (Å²) >= 11 is 7.60. The van der Waals surface area contributed by atoms with Crippen molar-refractivity contribution in [2.24, 2.45) is 0 Å². The van der Waals surface area contributed by atoms with Crippen molar-refractivity contribution in [1.29, 1.82) is 0 Å². The fourth-order valence-corrected chi connectivity index (χ4v) is 3.78. The van der Waals surface area contributed by atoms with Crippen molar-refractivity contribution >= 4 is 35.2 Å². The highest BCUT2D eigenvalue weighted by Crippen LogP contribution is 2.20. The molecular weight excluding hydrogens is 380 g/mol. The van der Waals surface area contributed by atoms with Gasteiger partial charge in [-0.3, -0.25) is 9.59 Å². The van der Waals surface area contributed by atoms with Gasteiger partial charge in [-0.1, -0.05) is 48.9 Å². The highest BCUT2D eigenvalue weighted by atomic mass is 35.5. The Balaban J connectivity index is 2.08. The van der Waals surface area contributed by atoms with Gasteiger partial charge in [0, 0.05) is 35.7 Å². The summed E-state index contributed by atoms with van der Waals surface area (Å²) < 4.78 is 0. The Kier molecular flexibility index (Phi) is 8.69. The minimum absolute atomic E-state index is 0.0242. The van der Waals surface area contributed by atoms with Crippen LogP contribution in [0.5, 0.6) is 0 Å². The van der Waals surface area contributed by atoms with E-state index in [1.807, 2.05) is 49.4 Å². The number of likely N-dealkylation sites (N-methyl/N-ethyl adjacent to an activating group) is 1. The van der Waals surface area contributed by atoms with E-state index >= 15 is 0 Å². The van der Waals surface area contributed by atoms with Crippen LogP contribution in [0.2, 0.25) is 5.02 Å². The van der Waals surface area contributed by atoms with E-state index < -0.39 is 6.04 Å². The molecule has 0 aromatic heterocycles. The molecule has 0 bridgehead atoms. The third-order valence-corrected chi connectivity index (χ3v) is 5.49. The Morgan fingerprint density at radius 2 is 1.78 bits per heavy atom. The summed E-state index contributed by atoms with van der Waals surface area (Å²) in [6.45, 7) is 2.30. The van der Waals surface area contributed by atoms with Crippen LogP contribution in [-0.4, -0.2) is 35.6 Å². The average Bonchev–Trinajstić information content (AvgIpc) is 2.69. The van der Waals surface area contributed by atoms with Gasteiger partial charge in [0.15, 0.2) is 0 Å². The largest absolute Gasteiger partial charge is 0.357 e. The molecule has 0 aliphatic heterocycles. The predicted octanol–water partition coefficient (Wildman–Crippen LogP) is 4.38. The molecule has 1 N–H and O–H groups in total. The second-order valence-electron chi connectivity index (χ2n) is 6.10. The van der Waals surface area contributed by atoms with Crippen molar-refractivity contribution in [2.45, 2.75) is 37.2 Å². The Hall–Kier alpha value is -1.98. The van der Waals surface area contributed by atoms with Gasteiger partial charge in [-0.05, 0) is 36.2 Å². The van der Waals surface area contributed by atoms with E-state index in [0.29, 0.717) is 30.2 Å². The number of carbonyl (C=O) groups excluding carboxylic acids is 2. The molecule has 2 rings (SSSR count). The smallest absolute Gasteiger partial charge is 0.242 e. The minimum atomic E-state index is -0.486. The van der Waals surface area contributed by atoms with Crippen LogP contribution in [0.1, 0.15) is 25.3 Å². The third-order valence-electron chi connectivity index (χ3n) is 4.23. The van der Waals surface area contributed by atoms with Gasteiger partial charge in [-0.25, -0.2) is 0 Å². The molecule has 2 aromatic carbocycles. The lowest BCUT2D eigenvalue weighted by atomic mass is 10.1. The molecular formula is C21H25ClN2O2S. The first-order valence-electron chi connectivity index (χ1n) is 8.98. The maximum Gasteiger partial charge on any atom is 0.242 e. The summed E-state index contributed by atoms with van der Waals surface area (Å²) in [5.74, 6) is 0.504. The first-order valence-corrected chi connectivity index (χ1v) is 10.3.